The van der Waals surface area contributed by atoms with Crippen molar-refractivity contribution in [3.63, 3.8) is 0 Å². The van der Waals surface area contributed by atoms with Crippen molar-refractivity contribution in [3.8, 4) is 23.0 Å². The second-order valence-corrected chi connectivity index (χ2v) is 10.3. The van der Waals surface area contributed by atoms with Gasteiger partial charge in [-0.3, -0.25) is 4.79 Å². The Hall–Kier alpha value is -3.82. The van der Waals surface area contributed by atoms with E-state index in [2.05, 4.69) is 42.4 Å². The Labute approximate surface area is 250 Å². The molecule has 1 N–H and O–H groups in total. The topological polar surface area (TPSA) is 78.4 Å². The van der Waals surface area contributed by atoms with Crippen LogP contribution >= 0.6 is 31.9 Å². The molecule has 0 aliphatic carbocycles. The van der Waals surface area contributed by atoms with Crippen LogP contribution in [0.5, 0.6) is 23.0 Å². The van der Waals surface area contributed by atoms with Crippen LogP contribution in [0.4, 0.5) is 0 Å². The van der Waals surface area contributed by atoms with Crippen LogP contribution in [0, 0.1) is 0 Å². The lowest BCUT2D eigenvalue weighted by molar-refractivity contribution is 0.0954. The Balaban J connectivity index is 1.40. The van der Waals surface area contributed by atoms with E-state index in [1.807, 2.05) is 67.6 Å². The standard InChI is InChI=1S/C31H28Br2N2O5/c1-3-38-28-17-24(11-14-27(28)39-19-21-7-5-4-6-8-21)31(36)35-34-18-23-15-26(33)30(29(16-23)37-2)40-20-22-9-12-25(32)13-10-22/h4-18H,3,19-20H2,1-2H3,(H,35,36)/b34-18+. The number of carbonyl (C=O) groups is 1. The lowest BCUT2D eigenvalue weighted by Gasteiger charge is -2.14. The smallest absolute Gasteiger partial charge is 0.271 e. The van der Waals surface area contributed by atoms with E-state index in [1.165, 1.54) is 6.21 Å². The molecule has 0 aromatic heterocycles. The van der Waals surface area contributed by atoms with Gasteiger partial charge in [-0.1, -0.05) is 58.4 Å². The molecule has 0 saturated heterocycles. The molecule has 0 fully saturated rings. The average molecular weight is 668 g/mol. The van der Waals surface area contributed by atoms with Crippen molar-refractivity contribution in [2.75, 3.05) is 13.7 Å². The quantitative estimate of drug-likeness (QED) is 0.125. The first kappa shape index (κ1) is 29.2. The first-order chi connectivity index (χ1) is 19.5. The van der Waals surface area contributed by atoms with E-state index in [9.17, 15) is 4.79 Å². The van der Waals surface area contributed by atoms with Gasteiger partial charge in [0.25, 0.3) is 5.91 Å². The molecule has 4 aromatic carbocycles. The van der Waals surface area contributed by atoms with Gasteiger partial charge in [-0.05, 0) is 82.0 Å². The summed E-state index contributed by atoms with van der Waals surface area (Å²) in [5, 5.41) is 4.12. The van der Waals surface area contributed by atoms with Gasteiger partial charge in [-0.15, -0.1) is 0 Å². The Morgan fingerprint density at radius 2 is 1.55 bits per heavy atom. The second kappa shape index (κ2) is 14.5. The highest BCUT2D eigenvalue weighted by Crippen LogP contribution is 2.37. The molecule has 0 bridgehead atoms. The molecule has 40 heavy (non-hydrogen) atoms. The molecule has 0 heterocycles. The largest absolute Gasteiger partial charge is 0.493 e. The normalized spacial score (nSPS) is 10.8. The molecule has 4 rings (SSSR count). The highest BCUT2D eigenvalue weighted by atomic mass is 79.9. The summed E-state index contributed by atoms with van der Waals surface area (Å²) in [6, 6.07) is 26.4. The molecule has 0 atom stereocenters. The van der Waals surface area contributed by atoms with Crippen LogP contribution in [0.3, 0.4) is 0 Å². The first-order valence-corrected chi connectivity index (χ1v) is 14.1. The maximum atomic E-state index is 12.8. The van der Waals surface area contributed by atoms with Gasteiger partial charge >= 0.3 is 0 Å². The number of hydrogen-bond acceptors (Lipinski definition) is 6. The van der Waals surface area contributed by atoms with Gasteiger partial charge < -0.3 is 18.9 Å². The minimum atomic E-state index is -0.382. The van der Waals surface area contributed by atoms with E-state index in [-0.39, 0.29) is 5.91 Å². The van der Waals surface area contributed by atoms with Crippen LogP contribution in [-0.2, 0) is 13.2 Å². The molecular formula is C31H28Br2N2O5. The van der Waals surface area contributed by atoms with Gasteiger partial charge in [0.2, 0.25) is 0 Å². The third-order valence-corrected chi connectivity index (χ3v) is 6.79. The predicted octanol–water partition coefficient (Wildman–Crippen LogP) is 7.54. The minimum absolute atomic E-state index is 0.381. The van der Waals surface area contributed by atoms with Crippen molar-refractivity contribution in [2.24, 2.45) is 5.10 Å². The number of hydrogen-bond donors (Lipinski definition) is 1. The number of carbonyl (C=O) groups excluding carboxylic acids is 1. The third-order valence-electron chi connectivity index (χ3n) is 5.67. The second-order valence-electron chi connectivity index (χ2n) is 8.52. The zero-order valence-electron chi connectivity index (χ0n) is 22.0. The summed E-state index contributed by atoms with van der Waals surface area (Å²) in [6.07, 6.45) is 1.53. The fourth-order valence-corrected chi connectivity index (χ4v) is 4.53. The Morgan fingerprint density at radius 3 is 2.27 bits per heavy atom. The summed E-state index contributed by atoms with van der Waals surface area (Å²) in [5.74, 6) is 1.77. The molecule has 9 heteroatoms. The number of hydrazone groups is 1. The van der Waals surface area contributed by atoms with E-state index in [0.717, 1.165) is 15.6 Å². The maximum Gasteiger partial charge on any atom is 0.271 e. The monoisotopic (exact) mass is 666 g/mol. The lowest BCUT2D eigenvalue weighted by Crippen LogP contribution is -2.17. The van der Waals surface area contributed by atoms with Crippen LogP contribution < -0.4 is 24.4 Å². The van der Waals surface area contributed by atoms with Crippen molar-refractivity contribution >= 4 is 44.0 Å². The molecule has 206 valence electrons. The summed E-state index contributed by atoms with van der Waals surface area (Å²) >= 11 is 6.99. The number of methoxy groups -OCH3 is 1. The van der Waals surface area contributed by atoms with Crippen LogP contribution in [-0.4, -0.2) is 25.8 Å². The summed E-state index contributed by atoms with van der Waals surface area (Å²) in [5.41, 5.74) is 5.72. The minimum Gasteiger partial charge on any atom is -0.493 e. The van der Waals surface area contributed by atoms with E-state index >= 15 is 0 Å². The number of amides is 1. The summed E-state index contributed by atoms with van der Waals surface area (Å²) in [7, 11) is 1.57. The van der Waals surface area contributed by atoms with E-state index in [4.69, 9.17) is 18.9 Å². The van der Waals surface area contributed by atoms with E-state index in [1.54, 1.807) is 31.4 Å². The van der Waals surface area contributed by atoms with Crippen molar-refractivity contribution in [2.45, 2.75) is 20.1 Å². The number of rotatable bonds is 12. The van der Waals surface area contributed by atoms with Gasteiger partial charge in [-0.25, -0.2) is 5.43 Å². The van der Waals surface area contributed by atoms with Gasteiger partial charge in [-0.2, -0.15) is 5.10 Å². The number of ether oxygens (including phenoxy) is 4. The molecule has 0 aliphatic heterocycles. The Kier molecular flexibility index (Phi) is 10.6. The average Bonchev–Trinajstić information content (AvgIpc) is 2.97. The Bertz CT molecular complexity index is 1460. The highest BCUT2D eigenvalue weighted by molar-refractivity contribution is 9.10. The molecule has 0 saturated carbocycles. The van der Waals surface area contributed by atoms with Gasteiger partial charge in [0.15, 0.2) is 23.0 Å². The molecule has 0 aliphatic rings. The molecule has 4 aromatic rings. The number of halogens is 2. The number of nitrogens with zero attached hydrogens (tertiary/aromatic N) is 1. The van der Waals surface area contributed by atoms with Crippen LogP contribution in [0.1, 0.15) is 34.0 Å². The van der Waals surface area contributed by atoms with Crippen molar-refractivity contribution in [3.05, 3.63) is 116 Å². The maximum absolute atomic E-state index is 12.8. The Morgan fingerprint density at radius 1 is 0.825 bits per heavy atom. The van der Waals surface area contributed by atoms with Gasteiger partial charge in [0, 0.05) is 10.0 Å². The summed E-state index contributed by atoms with van der Waals surface area (Å²) in [4.78, 5) is 12.8. The number of nitrogens with one attached hydrogen (secondary N) is 1. The highest BCUT2D eigenvalue weighted by Gasteiger charge is 2.13. The van der Waals surface area contributed by atoms with Crippen molar-refractivity contribution in [1.82, 2.24) is 5.43 Å². The number of benzene rings is 4. The molecule has 0 unspecified atom stereocenters. The van der Waals surface area contributed by atoms with Crippen LogP contribution in [0.25, 0.3) is 0 Å². The summed E-state index contributed by atoms with van der Waals surface area (Å²) in [6.45, 7) is 3.08. The zero-order valence-corrected chi connectivity index (χ0v) is 25.2. The molecular weight excluding hydrogens is 640 g/mol. The van der Waals surface area contributed by atoms with E-state index in [0.29, 0.717) is 58.4 Å². The molecule has 1 amide bonds. The van der Waals surface area contributed by atoms with Crippen LogP contribution in [0.15, 0.2) is 99.0 Å². The van der Waals surface area contributed by atoms with Crippen LogP contribution in [0.2, 0.25) is 0 Å². The third kappa shape index (κ3) is 8.09. The SMILES string of the molecule is CCOc1cc(C(=O)N/N=C/c2cc(Br)c(OCc3ccc(Br)cc3)c(OC)c2)ccc1OCc1ccccc1. The summed E-state index contributed by atoms with van der Waals surface area (Å²) < 4.78 is 24.9. The van der Waals surface area contributed by atoms with Gasteiger partial charge in [0.05, 0.1) is 24.4 Å². The lowest BCUT2D eigenvalue weighted by atomic mass is 10.2. The fraction of sp³-hybridized carbons (Fsp3) is 0.161. The first-order valence-electron chi connectivity index (χ1n) is 12.5. The fourth-order valence-electron chi connectivity index (χ4n) is 3.69. The molecule has 0 spiro atoms. The zero-order chi connectivity index (χ0) is 28.3. The molecule has 0 radical (unpaired) electrons. The molecule has 7 nitrogen and oxygen atoms in total. The predicted molar refractivity (Wildman–Crippen MR) is 163 cm³/mol. The van der Waals surface area contributed by atoms with E-state index < -0.39 is 0 Å². The van der Waals surface area contributed by atoms with Crippen molar-refractivity contribution < 1.29 is 23.7 Å². The van der Waals surface area contributed by atoms with Crippen molar-refractivity contribution in [1.29, 1.82) is 0 Å². The van der Waals surface area contributed by atoms with Gasteiger partial charge in [0.1, 0.15) is 13.2 Å².